The van der Waals surface area contributed by atoms with Gasteiger partial charge in [0.25, 0.3) is 5.91 Å². The maximum absolute atomic E-state index is 13.0. The summed E-state index contributed by atoms with van der Waals surface area (Å²) in [6.07, 6.45) is -4.53. The van der Waals surface area contributed by atoms with Crippen molar-refractivity contribution < 1.29 is 27.5 Å². The summed E-state index contributed by atoms with van der Waals surface area (Å²) in [5.41, 5.74) is -0.0236. The summed E-state index contributed by atoms with van der Waals surface area (Å²) in [5.74, 6) is 0.196. The summed E-state index contributed by atoms with van der Waals surface area (Å²) in [4.78, 5) is 25.8. The van der Waals surface area contributed by atoms with E-state index in [-0.39, 0.29) is 24.7 Å². The average Bonchev–Trinajstić information content (AvgIpc) is 2.70. The van der Waals surface area contributed by atoms with E-state index in [1.807, 2.05) is 0 Å². The molecule has 0 aromatic heterocycles. The third-order valence-electron chi connectivity index (χ3n) is 4.08. The van der Waals surface area contributed by atoms with Gasteiger partial charge in [-0.3, -0.25) is 4.79 Å². The zero-order valence-corrected chi connectivity index (χ0v) is 16.8. The number of benzene rings is 2. The Balaban J connectivity index is 1.90. The van der Waals surface area contributed by atoms with Crippen LogP contribution in [0.3, 0.4) is 0 Å². The first-order valence-electron chi connectivity index (χ1n) is 8.97. The van der Waals surface area contributed by atoms with E-state index in [1.54, 1.807) is 43.3 Å². The molecule has 10 heteroatoms. The van der Waals surface area contributed by atoms with Crippen molar-refractivity contribution in [1.82, 2.24) is 10.6 Å². The minimum Gasteiger partial charge on any atom is -0.497 e. The Morgan fingerprint density at radius 1 is 1.03 bits per heavy atom. The van der Waals surface area contributed by atoms with Gasteiger partial charge in [0.05, 0.1) is 24.0 Å². The summed E-state index contributed by atoms with van der Waals surface area (Å²) in [5, 5.41) is 7.55. The van der Waals surface area contributed by atoms with Crippen molar-refractivity contribution in [2.24, 2.45) is 0 Å². The van der Waals surface area contributed by atoms with Crippen LogP contribution in [0, 0.1) is 0 Å². The molecule has 0 radical (unpaired) electrons. The van der Waals surface area contributed by atoms with Crippen LogP contribution in [0.2, 0.25) is 0 Å². The van der Waals surface area contributed by atoms with Crippen molar-refractivity contribution in [3.63, 3.8) is 0 Å². The molecule has 30 heavy (non-hydrogen) atoms. The van der Waals surface area contributed by atoms with Gasteiger partial charge < -0.3 is 25.6 Å². The summed E-state index contributed by atoms with van der Waals surface area (Å²) >= 11 is 0. The van der Waals surface area contributed by atoms with Crippen LogP contribution in [-0.2, 0) is 6.18 Å². The highest BCUT2D eigenvalue weighted by molar-refractivity contribution is 5.95. The van der Waals surface area contributed by atoms with Gasteiger partial charge in [0, 0.05) is 32.7 Å². The highest BCUT2D eigenvalue weighted by atomic mass is 19.4. The molecule has 0 unspecified atom stereocenters. The summed E-state index contributed by atoms with van der Waals surface area (Å²) in [6.45, 7) is 0.213. The van der Waals surface area contributed by atoms with Crippen molar-refractivity contribution in [3.8, 4) is 5.75 Å². The largest absolute Gasteiger partial charge is 0.497 e. The molecule has 0 atom stereocenters. The van der Waals surface area contributed by atoms with E-state index in [9.17, 15) is 22.8 Å². The molecular formula is C20H23F3N4O3. The molecule has 0 aliphatic carbocycles. The number of methoxy groups -OCH3 is 1. The van der Waals surface area contributed by atoms with Crippen molar-refractivity contribution in [3.05, 3.63) is 53.6 Å². The zero-order chi connectivity index (χ0) is 22.3. The molecule has 162 valence electrons. The molecule has 2 rings (SSSR count). The van der Waals surface area contributed by atoms with Gasteiger partial charge in [-0.15, -0.1) is 0 Å². The minimum absolute atomic E-state index is 0.0211. The number of nitrogens with one attached hydrogen (secondary N) is 3. The molecule has 0 saturated heterocycles. The lowest BCUT2D eigenvalue weighted by molar-refractivity contribution is -0.137. The molecule has 0 spiro atoms. The smallest absolute Gasteiger partial charge is 0.416 e. The Hall–Kier alpha value is -3.43. The highest BCUT2D eigenvalue weighted by Gasteiger charge is 2.31. The summed E-state index contributed by atoms with van der Waals surface area (Å²) in [6, 6.07) is 9.00. The molecule has 7 nitrogen and oxygen atoms in total. The van der Waals surface area contributed by atoms with Crippen LogP contribution in [-0.4, -0.2) is 46.2 Å². The molecule has 0 fully saturated rings. The predicted octanol–water partition coefficient (Wildman–Crippen LogP) is 3.33. The summed E-state index contributed by atoms with van der Waals surface area (Å²) in [7, 11) is 4.80. The van der Waals surface area contributed by atoms with Gasteiger partial charge in [-0.25, -0.2) is 4.79 Å². The van der Waals surface area contributed by atoms with Gasteiger partial charge in [-0.05, 0) is 36.4 Å². The standard InChI is InChI=1S/C20H23F3N4O3/c1-27(2)17-8-7-14(20(21,22)23)12-16(17)26-19(29)25-10-9-24-18(28)13-5-4-6-15(11-13)30-3/h4-8,11-12H,9-10H2,1-3H3,(H,24,28)(H2,25,26,29). The fourth-order valence-electron chi connectivity index (χ4n) is 2.59. The highest BCUT2D eigenvalue weighted by Crippen LogP contribution is 2.34. The van der Waals surface area contributed by atoms with Crippen molar-refractivity contribution in [2.75, 3.05) is 44.5 Å². The molecule has 0 bridgehead atoms. The van der Waals surface area contributed by atoms with Gasteiger partial charge >= 0.3 is 12.2 Å². The Bertz CT molecular complexity index is 901. The van der Waals surface area contributed by atoms with Gasteiger partial charge in [-0.2, -0.15) is 13.2 Å². The van der Waals surface area contributed by atoms with E-state index in [0.29, 0.717) is 17.0 Å². The number of hydrogen-bond donors (Lipinski definition) is 3. The van der Waals surface area contributed by atoms with Gasteiger partial charge in [0.2, 0.25) is 0 Å². The number of rotatable bonds is 7. The first-order chi connectivity index (χ1) is 14.1. The number of anilines is 2. The van der Waals surface area contributed by atoms with E-state index in [0.717, 1.165) is 12.1 Å². The lowest BCUT2D eigenvalue weighted by Gasteiger charge is -2.20. The van der Waals surface area contributed by atoms with E-state index in [2.05, 4.69) is 16.0 Å². The fraction of sp³-hybridized carbons (Fsp3) is 0.300. The second kappa shape index (κ2) is 9.86. The van der Waals surface area contributed by atoms with Crippen LogP contribution in [0.4, 0.5) is 29.3 Å². The number of ether oxygens (including phenoxy) is 1. The lowest BCUT2D eigenvalue weighted by Crippen LogP contribution is -2.37. The minimum atomic E-state index is -4.53. The number of nitrogens with zero attached hydrogens (tertiary/aromatic N) is 1. The first-order valence-corrected chi connectivity index (χ1v) is 8.97. The molecule has 3 N–H and O–H groups in total. The number of halogens is 3. The zero-order valence-electron chi connectivity index (χ0n) is 16.8. The second-order valence-electron chi connectivity index (χ2n) is 6.49. The molecule has 0 aliphatic rings. The molecule has 2 aromatic carbocycles. The molecular weight excluding hydrogens is 401 g/mol. The third kappa shape index (κ3) is 6.29. The molecule has 0 aliphatic heterocycles. The Morgan fingerprint density at radius 3 is 2.37 bits per heavy atom. The number of carbonyl (C=O) groups is 2. The predicted molar refractivity (Wildman–Crippen MR) is 108 cm³/mol. The number of hydrogen-bond acceptors (Lipinski definition) is 4. The topological polar surface area (TPSA) is 82.7 Å². The van der Waals surface area contributed by atoms with Crippen LogP contribution in [0.1, 0.15) is 15.9 Å². The molecule has 2 aromatic rings. The summed E-state index contributed by atoms with van der Waals surface area (Å²) < 4.78 is 43.9. The SMILES string of the molecule is COc1cccc(C(=O)NCCNC(=O)Nc2cc(C(F)(F)F)ccc2N(C)C)c1. The number of carbonyl (C=O) groups excluding carboxylic acids is 2. The number of urea groups is 1. The Kier molecular flexibility index (Phi) is 7.51. The molecule has 0 saturated carbocycles. The van der Waals surface area contributed by atoms with Crippen molar-refractivity contribution >= 4 is 23.3 Å². The van der Waals surface area contributed by atoms with Gasteiger partial charge in [-0.1, -0.05) is 6.07 Å². The molecule has 0 heterocycles. The monoisotopic (exact) mass is 424 g/mol. The van der Waals surface area contributed by atoms with Crippen LogP contribution >= 0.6 is 0 Å². The second-order valence-corrected chi connectivity index (χ2v) is 6.49. The molecule has 3 amide bonds. The van der Waals surface area contributed by atoms with Crippen LogP contribution in [0.5, 0.6) is 5.75 Å². The average molecular weight is 424 g/mol. The van der Waals surface area contributed by atoms with Crippen LogP contribution in [0.25, 0.3) is 0 Å². The maximum Gasteiger partial charge on any atom is 0.416 e. The quantitative estimate of drug-likeness (QED) is 0.596. The van der Waals surface area contributed by atoms with Crippen molar-refractivity contribution in [2.45, 2.75) is 6.18 Å². The van der Waals surface area contributed by atoms with E-state index < -0.39 is 17.8 Å². The fourth-order valence-corrected chi connectivity index (χ4v) is 2.59. The first kappa shape index (κ1) is 22.9. The van der Waals surface area contributed by atoms with Gasteiger partial charge in [0.15, 0.2) is 0 Å². The van der Waals surface area contributed by atoms with E-state index >= 15 is 0 Å². The maximum atomic E-state index is 13.0. The Labute approximate surface area is 172 Å². The third-order valence-corrected chi connectivity index (χ3v) is 4.08. The number of alkyl halides is 3. The number of amides is 3. The Morgan fingerprint density at radius 2 is 1.73 bits per heavy atom. The van der Waals surface area contributed by atoms with Crippen LogP contribution in [0.15, 0.2) is 42.5 Å². The lowest BCUT2D eigenvalue weighted by atomic mass is 10.1. The van der Waals surface area contributed by atoms with Crippen LogP contribution < -0.4 is 25.6 Å². The normalized spacial score (nSPS) is 10.9. The van der Waals surface area contributed by atoms with Gasteiger partial charge in [0.1, 0.15) is 5.75 Å². The van der Waals surface area contributed by atoms with E-state index in [1.165, 1.54) is 13.2 Å². The van der Waals surface area contributed by atoms with E-state index in [4.69, 9.17) is 4.74 Å². The van der Waals surface area contributed by atoms with Crippen molar-refractivity contribution in [1.29, 1.82) is 0 Å².